The van der Waals surface area contributed by atoms with Crippen LogP contribution in [0.15, 0.2) is 53.4 Å². The third kappa shape index (κ3) is 4.52. The first-order valence-corrected chi connectivity index (χ1v) is 10.7. The Kier molecular flexibility index (Phi) is 6.33. The summed E-state index contributed by atoms with van der Waals surface area (Å²) >= 11 is 0. The number of carbonyl (C=O) groups is 1. The summed E-state index contributed by atoms with van der Waals surface area (Å²) in [6.45, 7) is 2.22. The van der Waals surface area contributed by atoms with Gasteiger partial charge in [0.15, 0.2) is 0 Å². The number of nitrogens with zero attached hydrogens (tertiary/aromatic N) is 1. The molecule has 0 spiro atoms. The van der Waals surface area contributed by atoms with Gasteiger partial charge < -0.3 is 4.74 Å². The summed E-state index contributed by atoms with van der Waals surface area (Å²) in [5, 5.41) is 8.99. The number of amides is 1. The highest BCUT2D eigenvalue weighted by Crippen LogP contribution is 2.28. The number of hydrogen-bond acceptors (Lipinski definition) is 5. The number of nitrogens with one attached hydrogen (secondary N) is 1. The van der Waals surface area contributed by atoms with Gasteiger partial charge in [-0.2, -0.15) is 4.31 Å². The Morgan fingerprint density at radius 3 is 2.25 bits per heavy atom. The molecule has 2 aromatic carbocycles. The maximum absolute atomic E-state index is 13.1. The summed E-state index contributed by atoms with van der Waals surface area (Å²) in [4.78, 5) is 12.1. The summed E-state index contributed by atoms with van der Waals surface area (Å²) < 4.78 is 33.1. The Hall–Kier alpha value is -2.42. The SMILES string of the molecule is Cc1ccc(Oc2ccc(S(=O)(=O)N3CCCCC[C@@H]3C(=O)NO)cc2)cc1. The maximum Gasteiger partial charge on any atom is 0.261 e. The lowest BCUT2D eigenvalue weighted by Crippen LogP contribution is -2.48. The van der Waals surface area contributed by atoms with E-state index < -0.39 is 22.0 Å². The molecule has 0 unspecified atom stereocenters. The van der Waals surface area contributed by atoms with Crippen LogP contribution in [0.2, 0.25) is 0 Å². The van der Waals surface area contributed by atoms with Crippen LogP contribution in [0.5, 0.6) is 11.5 Å². The van der Waals surface area contributed by atoms with Gasteiger partial charge in [-0.05, 0) is 56.2 Å². The van der Waals surface area contributed by atoms with E-state index in [4.69, 9.17) is 9.94 Å². The Morgan fingerprint density at radius 1 is 1.04 bits per heavy atom. The van der Waals surface area contributed by atoms with E-state index in [0.717, 1.165) is 18.4 Å². The lowest BCUT2D eigenvalue weighted by Gasteiger charge is -2.27. The Balaban J connectivity index is 1.82. The molecule has 7 nitrogen and oxygen atoms in total. The molecule has 1 amide bonds. The second-order valence-corrected chi connectivity index (χ2v) is 8.73. The predicted octanol–water partition coefficient (Wildman–Crippen LogP) is 3.23. The average Bonchev–Trinajstić information content (AvgIpc) is 2.96. The van der Waals surface area contributed by atoms with E-state index >= 15 is 0 Å². The van der Waals surface area contributed by atoms with E-state index in [0.29, 0.717) is 24.3 Å². The quantitative estimate of drug-likeness (QED) is 0.589. The molecule has 1 atom stereocenters. The molecule has 0 saturated carbocycles. The molecule has 2 N–H and O–H groups in total. The highest BCUT2D eigenvalue weighted by molar-refractivity contribution is 7.89. The molecular formula is C20H24N2O5S. The van der Waals surface area contributed by atoms with E-state index in [1.54, 1.807) is 17.6 Å². The first kappa shape index (κ1) is 20.3. The van der Waals surface area contributed by atoms with E-state index in [-0.39, 0.29) is 11.4 Å². The van der Waals surface area contributed by atoms with Crippen molar-refractivity contribution in [3.63, 3.8) is 0 Å². The maximum atomic E-state index is 13.1. The topological polar surface area (TPSA) is 95.9 Å². The van der Waals surface area contributed by atoms with Gasteiger partial charge in [-0.25, -0.2) is 13.9 Å². The Bertz CT molecular complexity index is 911. The number of rotatable bonds is 5. The van der Waals surface area contributed by atoms with Crippen molar-refractivity contribution in [1.82, 2.24) is 9.79 Å². The van der Waals surface area contributed by atoms with Gasteiger partial charge in [0.1, 0.15) is 17.5 Å². The molecule has 1 fully saturated rings. The van der Waals surface area contributed by atoms with Gasteiger partial charge in [0, 0.05) is 6.54 Å². The van der Waals surface area contributed by atoms with Crippen LogP contribution in [0, 0.1) is 6.92 Å². The van der Waals surface area contributed by atoms with Crippen molar-refractivity contribution in [3.8, 4) is 11.5 Å². The number of benzene rings is 2. The fourth-order valence-corrected chi connectivity index (χ4v) is 4.92. The molecule has 0 bridgehead atoms. The van der Waals surface area contributed by atoms with Gasteiger partial charge in [0.2, 0.25) is 10.0 Å². The molecule has 0 radical (unpaired) electrons. The zero-order chi connectivity index (χ0) is 20.1. The van der Waals surface area contributed by atoms with Gasteiger partial charge in [-0.3, -0.25) is 10.0 Å². The van der Waals surface area contributed by atoms with Gasteiger partial charge in [0.25, 0.3) is 5.91 Å². The smallest absolute Gasteiger partial charge is 0.261 e. The lowest BCUT2D eigenvalue weighted by molar-refractivity contribution is -0.133. The highest BCUT2D eigenvalue weighted by Gasteiger charge is 2.36. The molecule has 1 heterocycles. The number of hydroxylamine groups is 1. The molecule has 0 aromatic heterocycles. The van der Waals surface area contributed by atoms with Gasteiger partial charge in [0.05, 0.1) is 4.90 Å². The number of sulfonamides is 1. The summed E-state index contributed by atoms with van der Waals surface area (Å²) in [5.74, 6) is 0.474. The largest absolute Gasteiger partial charge is 0.457 e. The van der Waals surface area contributed by atoms with E-state index in [9.17, 15) is 13.2 Å². The van der Waals surface area contributed by atoms with Crippen molar-refractivity contribution in [2.75, 3.05) is 6.54 Å². The molecule has 1 aliphatic heterocycles. The minimum Gasteiger partial charge on any atom is -0.457 e. The monoisotopic (exact) mass is 404 g/mol. The van der Waals surface area contributed by atoms with Crippen molar-refractivity contribution in [2.45, 2.75) is 43.5 Å². The minimum absolute atomic E-state index is 0.0846. The van der Waals surface area contributed by atoms with Crippen LogP contribution < -0.4 is 10.2 Å². The average molecular weight is 404 g/mol. The number of ether oxygens (including phenoxy) is 1. The normalized spacial score (nSPS) is 18.3. The number of hydrogen-bond donors (Lipinski definition) is 2. The molecule has 1 aliphatic rings. The molecule has 8 heteroatoms. The summed E-state index contributed by atoms with van der Waals surface area (Å²) in [5.41, 5.74) is 2.71. The first-order valence-electron chi connectivity index (χ1n) is 9.22. The molecule has 1 saturated heterocycles. The zero-order valence-corrected chi connectivity index (χ0v) is 16.5. The summed E-state index contributed by atoms with van der Waals surface area (Å²) in [6.07, 6.45) is 2.61. The number of aryl methyl sites for hydroxylation is 1. The third-order valence-electron chi connectivity index (χ3n) is 4.80. The summed E-state index contributed by atoms with van der Waals surface area (Å²) in [6, 6.07) is 12.7. The zero-order valence-electron chi connectivity index (χ0n) is 15.7. The lowest BCUT2D eigenvalue weighted by atomic mass is 10.1. The second-order valence-electron chi connectivity index (χ2n) is 6.84. The Labute approximate surface area is 164 Å². The van der Waals surface area contributed by atoms with Crippen molar-refractivity contribution in [2.24, 2.45) is 0 Å². The highest BCUT2D eigenvalue weighted by atomic mass is 32.2. The Morgan fingerprint density at radius 2 is 1.64 bits per heavy atom. The van der Waals surface area contributed by atoms with Crippen LogP contribution in [0.4, 0.5) is 0 Å². The van der Waals surface area contributed by atoms with Crippen molar-refractivity contribution >= 4 is 15.9 Å². The van der Waals surface area contributed by atoms with Crippen molar-refractivity contribution in [1.29, 1.82) is 0 Å². The van der Waals surface area contributed by atoms with Crippen LogP contribution in [-0.2, 0) is 14.8 Å². The molecule has 3 rings (SSSR count). The second kappa shape index (κ2) is 8.72. The van der Waals surface area contributed by atoms with Crippen LogP contribution >= 0.6 is 0 Å². The predicted molar refractivity (Wildman–Crippen MR) is 104 cm³/mol. The van der Waals surface area contributed by atoms with E-state index in [1.807, 2.05) is 31.2 Å². The first-order chi connectivity index (χ1) is 13.4. The third-order valence-corrected chi connectivity index (χ3v) is 6.73. The van der Waals surface area contributed by atoms with E-state index in [2.05, 4.69) is 0 Å². The fraction of sp³-hybridized carbons (Fsp3) is 0.350. The fourth-order valence-electron chi connectivity index (χ4n) is 3.26. The minimum atomic E-state index is -3.88. The molecule has 28 heavy (non-hydrogen) atoms. The molecule has 2 aromatic rings. The van der Waals surface area contributed by atoms with Crippen LogP contribution in [0.1, 0.15) is 31.2 Å². The van der Waals surface area contributed by atoms with E-state index in [1.165, 1.54) is 16.4 Å². The van der Waals surface area contributed by atoms with Crippen LogP contribution in [-0.4, -0.2) is 36.4 Å². The van der Waals surface area contributed by atoms with Crippen LogP contribution in [0.25, 0.3) is 0 Å². The number of carbonyl (C=O) groups excluding carboxylic acids is 1. The van der Waals surface area contributed by atoms with Crippen LogP contribution in [0.3, 0.4) is 0 Å². The van der Waals surface area contributed by atoms with Gasteiger partial charge in [-0.1, -0.05) is 30.5 Å². The summed E-state index contributed by atoms with van der Waals surface area (Å²) in [7, 11) is -3.88. The molecule has 0 aliphatic carbocycles. The van der Waals surface area contributed by atoms with Crippen molar-refractivity contribution in [3.05, 3.63) is 54.1 Å². The standard InChI is InChI=1S/C20H24N2O5S/c1-15-6-8-16(9-7-15)27-17-10-12-18(13-11-17)28(25,26)22-14-4-2-3-5-19(22)20(23)21-24/h6-13,19,24H,2-5,14H2,1H3,(H,21,23)/t19-/m1/s1. The van der Waals surface area contributed by atoms with Crippen molar-refractivity contribution < 1.29 is 23.2 Å². The molecule has 150 valence electrons. The van der Waals surface area contributed by atoms with Gasteiger partial charge in [-0.15, -0.1) is 0 Å². The van der Waals surface area contributed by atoms with Gasteiger partial charge >= 0.3 is 0 Å². The molecular weight excluding hydrogens is 380 g/mol.